The van der Waals surface area contributed by atoms with Gasteiger partial charge >= 0.3 is 0 Å². The number of sulfonamides is 1. The molecule has 0 saturated heterocycles. The number of hydrogen-bond donors (Lipinski definition) is 3. The predicted octanol–water partition coefficient (Wildman–Crippen LogP) is 2.22. The molecule has 6 nitrogen and oxygen atoms in total. The van der Waals surface area contributed by atoms with Crippen LogP contribution in [0.25, 0.3) is 0 Å². The molecule has 0 amide bonds. The maximum Gasteiger partial charge on any atom is 0.263 e. The standard InChI is InChI=1S/C13H18N4O2S/c1-8(2)11-7-13(16-15-11)17-20(18,19)12-5-4-10(14)6-9(12)3/h4-8H,14H2,1-3H3,(H2,15,16,17). The molecule has 4 N–H and O–H groups in total. The molecule has 0 atom stereocenters. The van der Waals surface area contributed by atoms with Crippen LogP contribution in [0.3, 0.4) is 0 Å². The molecule has 0 bridgehead atoms. The third kappa shape index (κ3) is 2.93. The third-order valence-electron chi connectivity index (χ3n) is 2.95. The van der Waals surface area contributed by atoms with Gasteiger partial charge in [-0.25, -0.2) is 8.42 Å². The number of benzene rings is 1. The van der Waals surface area contributed by atoms with E-state index in [0.29, 0.717) is 11.3 Å². The monoisotopic (exact) mass is 294 g/mol. The first-order valence-corrected chi connectivity index (χ1v) is 7.72. The van der Waals surface area contributed by atoms with Crippen molar-refractivity contribution in [3.63, 3.8) is 0 Å². The van der Waals surface area contributed by atoms with Crippen LogP contribution in [0.4, 0.5) is 11.5 Å². The molecular weight excluding hydrogens is 276 g/mol. The maximum absolute atomic E-state index is 12.3. The summed E-state index contributed by atoms with van der Waals surface area (Å²) < 4.78 is 27.1. The van der Waals surface area contributed by atoms with Crippen molar-refractivity contribution in [1.29, 1.82) is 0 Å². The van der Waals surface area contributed by atoms with E-state index in [-0.39, 0.29) is 16.6 Å². The molecule has 0 radical (unpaired) electrons. The van der Waals surface area contributed by atoms with Gasteiger partial charge in [0.15, 0.2) is 5.82 Å². The molecule has 108 valence electrons. The van der Waals surface area contributed by atoms with Crippen LogP contribution >= 0.6 is 0 Å². The minimum Gasteiger partial charge on any atom is -0.399 e. The second-order valence-corrected chi connectivity index (χ2v) is 6.64. The van der Waals surface area contributed by atoms with Gasteiger partial charge in [-0.15, -0.1) is 0 Å². The van der Waals surface area contributed by atoms with E-state index in [0.717, 1.165) is 5.69 Å². The van der Waals surface area contributed by atoms with E-state index in [2.05, 4.69) is 14.9 Å². The molecule has 0 spiro atoms. The number of nitrogens with one attached hydrogen (secondary N) is 2. The summed E-state index contributed by atoms with van der Waals surface area (Å²) in [4.78, 5) is 0.195. The van der Waals surface area contributed by atoms with Crippen molar-refractivity contribution < 1.29 is 8.42 Å². The Balaban J connectivity index is 2.30. The molecule has 2 aromatic rings. The Labute approximate surface area is 118 Å². The first kappa shape index (κ1) is 14.4. The van der Waals surface area contributed by atoms with Gasteiger partial charge in [0.05, 0.1) is 4.90 Å². The summed E-state index contributed by atoms with van der Waals surface area (Å²) in [6.45, 7) is 5.70. The van der Waals surface area contributed by atoms with Gasteiger partial charge in [0, 0.05) is 17.4 Å². The average molecular weight is 294 g/mol. The van der Waals surface area contributed by atoms with E-state index in [9.17, 15) is 8.42 Å². The van der Waals surface area contributed by atoms with Crippen LogP contribution in [0.1, 0.15) is 31.0 Å². The Morgan fingerprint density at radius 2 is 2.00 bits per heavy atom. The Morgan fingerprint density at radius 3 is 2.55 bits per heavy atom. The molecule has 1 aromatic carbocycles. The number of rotatable bonds is 4. The number of anilines is 2. The second kappa shape index (κ2) is 5.16. The van der Waals surface area contributed by atoms with Crippen LogP contribution in [0.5, 0.6) is 0 Å². The molecule has 0 fully saturated rings. The lowest BCUT2D eigenvalue weighted by Gasteiger charge is -2.08. The maximum atomic E-state index is 12.3. The second-order valence-electron chi connectivity index (χ2n) is 4.99. The number of nitrogen functional groups attached to an aromatic ring is 1. The smallest absolute Gasteiger partial charge is 0.263 e. The first-order chi connectivity index (χ1) is 9.29. The highest BCUT2D eigenvalue weighted by Crippen LogP contribution is 2.22. The molecule has 0 unspecified atom stereocenters. The summed E-state index contributed by atoms with van der Waals surface area (Å²) in [6, 6.07) is 6.36. The summed E-state index contributed by atoms with van der Waals surface area (Å²) in [5.41, 5.74) is 7.62. The molecule has 0 aliphatic heterocycles. The van der Waals surface area contributed by atoms with Gasteiger partial charge in [0.2, 0.25) is 0 Å². The molecule has 2 rings (SSSR count). The van der Waals surface area contributed by atoms with E-state index in [1.54, 1.807) is 25.1 Å². The fourth-order valence-electron chi connectivity index (χ4n) is 1.85. The Bertz CT molecular complexity index is 720. The quantitative estimate of drug-likeness (QED) is 0.752. The summed E-state index contributed by atoms with van der Waals surface area (Å²) in [7, 11) is -3.66. The zero-order valence-electron chi connectivity index (χ0n) is 11.6. The van der Waals surface area contributed by atoms with E-state index >= 15 is 0 Å². The van der Waals surface area contributed by atoms with E-state index in [1.165, 1.54) is 6.07 Å². The van der Waals surface area contributed by atoms with E-state index in [4.69, 9.17) is 5.73 Å². The minimum atomic E-state index is -3.66. The van der Waals surface area contributed by atoms with Crippen LogP contribution in [-0.4, -0.2) is 18.6 Å². The summed E-state index contributed by atoms with van der Waals surface area (Å²) in [5.74, 6) is 0.531. The Morgan fingerprint density at radius 1 is 1.30 bits per heavy atom. The zero-order valence-corrected chi connectivity index (χ0v) is 12.5. The number of H-pyrrole nitrogens is 1. The van der Waals surface area contributed by atoms with Crippen LogP contribution in [-0.2, 0) is 10.0 Å². The predicted molar refractivity (Wildman–Crippen MR) is 79.1 cm³/mol. The highest BCUT2D eigenvalue weighted by Gasteiger charge is 2.18. The van der Waals surface area contributed by atoms with Gasteiger partial charge in [0.1, 0.15) is 0 Å². The molecule has 20 heavy (non-hydrogen) atoms. The van der Waals surface area contributed by atoms with E-state index in [1.807, 2.05) is 13.8 Å². The van der Waals surface area contributed by atoms with Gasteiger partial charge < -0.3 is 5.73 Å². The SMILES string of the molecule is Cc1cc(N)ccc1S(=O)(=O)Nc1cc(C(C)C)[nH]n1. The van der Waals surface area contributed by atoms with Crippen molar-refractivity contribution in [2.24, 2.45) is 0 Å². The van der Waals surface area contributed by atoms with Crippen molar-refractivity contribution >= 4 is 21.5 Å². The van der Waals surface area contributed by atoms with Crippen molar-refractivity contribution in [2.45, 2.75) is 31.6 Å². The fourth-order valence-corrected chi connectivity index (χ4v) is 3.07. The lowest BCUT2D eigenvalue weighted by molar-refractivity contribution is 0.600. The van der Waals surface area contributed by atoms with Crippen molar-refractivity contribution in [2.75, 3.05) is 10.5 Å². The number of aryl methyl sites for hydroxylation is 1. The number of hydrogen-bond acceptors (Lipinski definition) is 4. The lowest BCUT2D eigenvalue weighted by atomic mass is 10.1. The first-order valence-electron chi connectivity index (χ1n) is 6.24. The summed E-state index contributed by atoms with van der Waals surface area (Å²) in [5, 5.41) is 6.76. The van der Waals surface area contributed by atoms with Gasteiger partial charge in [-0.2, -0.15) is 5.10 Å². The van der Waals surface area contributed by atoms with Gasteiger partial charge in [-0.1, -0.05) is 13.8 Å². The fraction of sp³-hybridized carbons (Fsp3) is 0.308. The van der Waals surface area contributed by atoms with Gasteiger partial charge in [-0.3, -0.25) is 9.82 Å². The number of aromatic nitrogens is 2. The van der Waals surface area contributed by atoms with Crippen LogP contribution in [0, 0.1) is 6.92 Å². The third-order valence-corrected chi connectivity index (χ3v) is 4.46. The number of nitrogens with two attached hydrogens (primary N) is 1. The van der Waals surface area contributed by atoms with E-state index < -0.39 is 10.0 Å². The summed E-state index contributed by atoms with van der Waals surface area (Å²) in [6.07, 6.45) is 0. The van der Waals surface area contributed by atoms with Crippen LogP contribution in [0.2, 0.25) is 0 Å². The molecule has 1 heterocycles. The minimum absolute atomic E-state index is 0.195. The van der Waals surface area contributed by atoms with Gasteiger partial charge in [0.25, 0.3) is 10.0 Å². The zero-order chi connectivity index (χ0) is 14.9. The highest BCUT2D eigenvalue weighted by molar-refractivity contribution is 7.92. The molecule has 7 heteroatoms. The largest absolute Gasteiger partial charge is 0.399 e. The number of aromatic amines is 1. The van der Waals surface area contributed by atoms with Crippen molar-refractivity contribution in [3.05, 3.63) is 35.5 Å². The van der Waals surface area contributed by atoms with Crippen LogP contribution < -0.4 is 10.5 Å². The Kier molecular flexibility index (Phi) is 3.71. The van der Waals surface area contributed by atoms with Crippen LogP contribution in [0.15, 0.2) is 29.2 Å². The molecular formula is C13H18N4O2S. The molecule has 1 aromatic heterocycles. The number of nitrogens with zero attached hydrogens (tertiary/aromatic N) is 1. The summed E-state index contributed by atoms with van der Waals surface area (Å²) >= 11 is 0. The molecule has 0 saturated carbocycles. The highest BCUT2D eigenvalue weighted by atomic mass is 32.2. The topological polar surface area (TPSA) is 101 Å². The molecule has 0 aliphatic rings. The molecule has 0 aliphatic carbocycles. The lowest BCUT2D eigenvalue weighted by Crippen LogP contribution is -2.14. The van der Waals surface area contributed by atoms with Gasteiger partial charge in [-0.05, 0) is 36.6 Å². The van der Waals surface area contributed by atoms with Crippen molar-refractivity contribution in [1.82, 2.24) is 10.2 Å². The Hall–Kier alpha value is -2.02. The average Bonchev–Trinajstić information content (AvgIpc) is 2.76. The normalized spacial score (nSPS) is 11.8. The van der Waals surface area contributed by atoms with Crippen molar-refractivity contribution in [3.8, 4) is 0 Å².